The number of aromatic nitrogens is 2. The van der Waals surface area contributed by atoms with E-state index < -0.39 is 42.9 Å². The maximum absolute atomic E-state index is 14.2. The molecule has 186 valence electrons. The molecule has 1 aromatic carbocycles. The lowest BCUT2D eigenvalue weighted by molar-refractivity contribution is -0.120. The Hall–Kier alpha value is -2.85. The SMILES string of the molecule is CCCCCCOc1cc(C(=O)Nc2ccn(C3OC(CO)CC3(F)F)c(=O)n2)c(C)cc1C. The topological polar surface area (TPSA) is 103 Å². The van der Waals surface area contributed by atoms with Gasteiger partial charge in [0.25, 0.3) is 11.8 Å². The zero-order valence-electron chi connectivity index (χ0n) is 19.6. The number of hydrogen-bond acceptors (Lipinski definition) is 6. The molecular formula is C24H31F2N3O5. The predicted octanol–water partition coefficient (Wildman–Crippen LogP) is 3.99. The Morgan fingerprint density at radius 1 is 1.29 bits per heavy atom. The van der Waals surface area contributed by atoms with E-state index in [0.29, 0.717) is 22.5 Å². The van der Waals surface area contributed by atoms with Crippen molar-refractivity contribution in [3.8, 4) is 5.75 Å². The Morgan fingerprint density at radius 3 is 2.71 bits per heavy atom. The van der Waals surface area contributed by atoms with Gasteiger partial charge in [0.15, 0.2) is 0 Å². The molecule has 2 heterocycles. The minimum atomic E-state index is -3.34. The number of aryl methyl sites for hydroxylation is 2. The Balaban J connectivity index is 1.72. The number of hydrogen-bond donors (Lipinski definition) is 2. The number of alkyl halides is 2. The van der Waals surface area contributed by atoms with Gasteiger partial charge in [0.05, 0.1) is 19.3 Å². The molecule has 10 heteroatoms. The Kier molecular flexibility index (Phi) is 8.37. The van der Waals surface area contributed by atoms with Crippen LogP contribution in [-0.2, 0) is 4.74 Å². The number of nitrogens with one attached hydrogen (secondary N) is 1. The minimum absolute atomic E-state index is 0.0757. The van der Waals surface area contributed by atoms with Crippen molar-refractivity contribution < 1.29 is 28.2 Å². The molecule has 34 heavy (non-hydrogen) atoms. The number of nitrogens with zero attached hydrogens (tertiary/aromatic N) is 2. The second-order valence-electron chi connectivity index (χ2n) is 8.56. The zero-order valence-corrected chi connectivity index (χ0v) is 19.6. The molecule has 0 bridgehead atoms. The molecule has 1 aliphatic heterocycles. The third-order valence-corrected chi connectivity index (χ3v) is 5.73. The summed E-state index contributed by atoms with van der Waals surface area (Å²) >= 11 is 0. The summed E-state index contributed by atoms with van der Waals surface area (Å²) in [6.07, 6.45) is 1.72. The van der Waals surface area contributed by atoms with Gasteiger partial charge < -0.3 is 19.9 Å². The Labute approximate surface area is 196 Å². The number of carbonyl (C=O) groups excluding carboxylic acids is 1. The van der Waals surface area contributed by atoms with Crippen molar-refractivity contribution >= 4 is 11.7 Å². The van der Waals surface area contributed by atoms with Gasteiger partial charge in [-0.3, -0.25) is 9.36 Å². The van der Waals surface area contributed by atoms with Crippen LogP contribution < -0.4 is 15.7 Å². The summed E-state index contributed by atoms with van der Waals surface area (Å²) in [5, 5.41) is 11.6. The lowest BCUT2D eigenvalue weighted by Gasteiger charge is -2.20. The highest BCUT2D eigenvalue weighted by Gasteiger charge is 2.51. The number of aliphatic hydroxyl groups excluding tert-OH is 1. The maximum atomic E-state index is 14.2. The van der Waals surface area contributed by atoms with Crippen molar-refractivity contribution in [3.63, 3.8) is 0 Å². The fourth-order valence-corrected chi connectivity index (χ4v) is 3.90. The number of rotatable bonds is 10. The van der Waals surface area contributed by atoms with E-state index in [2.05, 4.69) is 17.2 Å². The molecule has 1 amide bonds. The molecule has 2 unspecified atom stereocenters. The number of unbranched alkanes of at least 4 members (excludes halogenated alkanes) is 3. The molecule has 8 nitrogen and oxygen atoms in total. The van der Waals surface area contributed by atoms with E-state index >= 15 is 0 Å². The monoisotopic (exact) mass is 479 g/mol. The number of amides is 1. The molecular weight excluding hydrogens is 448 g/mol. The molecule has 0 saturated carbocycles. The number of carbonyl (C=O) groups is 1. The molecule has 2 aromatic rings. The first-order valence-corrected chi connectivity index (χ1v) is 11.4. The van der Waals surface area contributed by atoms with E-state index in [9.17, 15) is 18.4 Å². The van der Waals surface area contributed by atoms with Gasteiger partial charge in [-0.15, -0.1) is 0 Å². The van der Waals surface area contributed by atoms with Gasteiger partial charge in [0, 0.05) is 18.2 Å². The van der Waals surface area contributed by atoms with Gasteiger partial charge in [-0.05, 0) is 43.5 Å². The molecule has 1 fully saturated rings. The van der Waals surface area contributed by atoms with E-state index in [1.165, 1.54) is 6.07 Å². The summed E-state index contributed by atoms with van der Waals surface area (Å²) < 4.78 is 40.0. The van der Waals surface area contributed by atoms with Crippen molar-refractivity contribution in [1.29, 1.82) is 0 Å². The highest BCUT2D eigenvalue weighted by molar-refractivity contribution is 6.05. The van der Waals surface area contributed by atoms with E-state index in [-0.39, 0.29) is 5.82 Å². The van der Waals surface area contributed by atoms with Crippen LogP contribution in [0.15, 0.2) is 29.2 Å². The largest absolute Gasteiger partial charge is 0.493 e. The van der Waals surface area contributed by atoms with Gasteiger partial charge in [0.1, 0.15) is 11.6 Å². The lowest BCUT2D eigenvalue weighted by atomic mass is 10.0. The average molecular weight is 480 g/mol. The average Bonchev–Trinajstić information content (AvgIpc) is 3.09. The Bertz CT molecular complexity index is 1070. The van der Waals surface area contributed by atoms with Gasteiger partial charge in [-0.1, -0.05) is 32.3 Å². The minimum Gasteiger partial charge on any atom is -0.493 e. The van der Waals surface area contributed by atoms with Crippen LogP contribution in [0.25, 0.3) is 0 Å². The summed E-state index contributed by atoms with van der Waals surface area (Å²) in [7, 11) is 0. The Morgan fingerprint density at radius 2 is 2.06 bits per heavy atom. The first kappa shape index (κ1) is 25.8. The number of aliphatic hydroxyl groups is 1. The lowest BCUT2D eigenvalue weighted by Crippen LogP contribution is -2.35. The van der Waals surface area contributed by atoms with Crippen LogP contribution in [-0.4, -0.2) is 45.8 Å². The standard InChI is InChI=1S/C24H31F2N3O5/c1-4-5-6-7-10-33-19-12-18(15(2)11-16(19)3)21(31)27-20-8-9-29(23(32)28-20)22-24(25,26)13-17(14-30)34-22/h8-9,11-12,17,22,30H,4-7,10,13-14H2,1-3H3,(H,27,28,31,32). The highest BCUT2D eigenvalue weighted by atomic mass is 19.3. The molecule has 2 N–H and O–H groups in total. The van der Waals surface area contributed by atoms with Crippen molar-refractivity contribution in [2.45, 2.75) is 71.1 Å². The molecule has 0 radical (unpaired) electrons. The molecule has 1 saturated heterocycles. The summed E-state index contributed by atoms with van der Waals surface area (Å²) in [6.45, 7) is 5.80. The van der Waals surface area contributed by atoms with Crippen LogP contribution >= 0.6 is 0 Å². The van der Waals surface area contributed by atoms with Gasteiger partial charge in [0.2, 0.25) is 6.23 Å². The third kappa shape index (κ3) is 5.98. The zero-order chi connectivity index (χ0) is 24.9. The van der Waals surface area contributed by atoms with Crippen molar-refractivity contribution in [1.82, 2.24) is 9.55 Å². The van der Waals surface area contributed by atoms with Crippen molar-refractivity contribution in [2.24, 2.45) is 0 Å². The summed E-state index contributed by atoms with van der Waals surface area (Å²) in [5.41, 5.74) is 0.981. The van der Waals surface area contributed by atoms with E-state index in [0.717, 1.165) is 43.0 Å². The number of halogens is 2. The summed E-state index contributed by atoms with van der Waals surface area (Å²) in [5.74, 6) is -3.31. The van der Waals surface area contributed by atoms with E-state index in [1.807, 2.05) is 13.0 Å². The van der Waals surface area contributed by atoms with Crippen LogP contribution in [0.1, 0.15) is 66.7 Å². The molecule has 2 atom stereocenters. The number of ether oxygens (including phenoxy) is 2. The summed E-state index contributed by atoms with van der Waals surface area (Å²) in [4.78, 5) is 29.0. The fourth-order valence-electron chi connectivity index (χ4n) is 3.90. The van der Waals surface area contributed by atoms with Crippen molar-refractivity contribution in [2.75, 3.05) is 18.5 Å². The smallest absolute Gasteiger partial charge is 0.351 e. The van der Waals surface area contributed by atoms with Crippen LogP contribution in [0.3, 0.4) is 0 Å². The molecule has 1 aliphatic rings. The molecule has 1 aromatic heterocycles. The predicted molar refractivity (Wildman–Crippen MR) is 123 cm³/mol. The van der Waals surface area contributed by atoms with E-state index in [1.54, 1.807) is 13.0 Å². The number of benzene rings is 1. The van der Waals surface area contributed by atoms with Gasteiger partial charge in [-0.25, -0.2) is 13.6 Å². The second kappa shape index (κ2) is 11.1. The normalized spacial score (nSPS) is 19.2. The molecule has 0 aliphatic carbocycles. The molecule has 3 rings (SSSR count). The van der Waals surface area contributed by atoms with Crippen LogP contribution in [0.5, 0.6) is 5.75 Å². The quantitative estimate of drug-likeness (QED) is 0.500. The summed E-state index contributed by atoms with van der Waals surface area (Å²) in [6, 6.07) is 4.75. The second-order valence-corrected chi connectivity index (χ2v) is 8.56. The van der Waals surface area contributed by atoms with E-state index in [4.69, 9.17) is 14.6 Å². The van der Waals surface area contributed by atoms with Crippen LogP contribution in [0.4, 0.5) is 14.6 Å². The molecule has 0 spiro atoms. The van der Waals surface area contributed by atoms with Gasteiger partial charge in [-0.2, -0.15) is 4.98 Å². The highest BCUT2D eigenvalue weighted by Crippen LogP contribution is 2.41. The first-order chi connectivity index (χ1) is 16.2. The maximum Gasteiger partial charge on any atom is 0.351 e. The van der Waals surface area contributed by atoms with Gasteiger partial charge >= 0.3 is 5.69 Å². The number of anilines is 1. The first-order valence-electron chi connectivity index (χ1n) is 11.4. The fraction of sp³-hybridized carbons (Fsp3) is 0.542. The van der Waals surface area contributed by atoms with Crippen LogP contribution in [0.2, 0.25) is 0 Å². The van der Waals surface area contributed by atoms with Crippen molar-refractivity contribution in [3.05, 3.63) is 51.6 Å². The van der Waals surface area contributed by atoms with Crippen LogP contribution in [0, 0.1) is 13.8 Å². The third-order valence-electron chi connectivity index (χ3n) is 5.73.